The Morgan fingerprint density at radius 3 is 2.25 bits per heavy atom. The number of hydrogen-bond donors (Lipinski definition) is 0. The van der Waals surface area contributed by atoms with Crippen molar-refractivity contribution < 1.29 is 14.0 Å². The van der Waals surface area contributed by atoms with Gasteiger partial charge in [-0.3, -0.25) is 14.5 Å². The van der Waals surface area contributed by atoms with Crippen LogP contribution in [0.3, 0.4) is 0 Å². The number of carbonyl (C=O) groups excluding carboxylic acids is 2. The van der Waals surface area contributed by atoms with Crippen molar-refractivity contribution in [3.63, 3.8) is 0 Å². The number of para-hydroxylation sites is 1. The average Bonchev–Trinajstić information content (AvgIpc) is 3.07. The fourth-order valence-corrected chi connectivity index (χ4v) is 3.21. The smallest absolute Gasteiger partial charge is 0.272 e. The van der Waals surface area contributed by atoms with Gasteiger partial charge < -0.3 is 4.42 Å². The van der Waals surface area contributed by atoms with Crippen LogP contribution in [0.2, 0.25) is 0 Å². The molecule has 0 bridgehead atoms. The number of likely N-dealkylation sites (N-methyl/N-ethyl adjacent to an activating group) is 1. The summed E-state index contributed by atoms with van der Waals surface area (Å²) >= 11 is 6.15. The first-order chi connectivity index (χ1) is 11.6. The topological polar surface area (TPSA) is 50.5 Å². The Kier molecular flexibility index (Phi) is 3.28. The van der Waals surface area contributed by atoms with Crippen molar-refractivity contribution in [1.29, 1.82) is 0 Å². The molecule has 5 heteroatoms. The van der Waals surface area contributed by atoms with Crippen molar-refractivity contribution in [3.05, 3.63) is 65.4 Å². The largest absolute Gasteiger partial charge is 0.455 e. The summed E-state index contributed by atoms with van der Waals surface area (Å²) in [5.74, 6) is -0.646. The number of rotatable bonds is 2. The zero-order chi connectivity index (χ0) is 16.8. The lowest BCUT2D eigenvalue weighted by molar-refractivity contribution is -0.134. The molecule has 0 unspecified atom stereocenters. The minimum atomic E-state index is -0.517. The Labute approximate surface area is 142 Å². The number of nitrogens with zero attached hydrogens (tertiary/aromatic N) is 1. The van der Waals surface area contributed by atoms with Crippen molar-refractivity contribution in [2.24, 2.45) is 0 Å². The highest BCUT2D eigenvalue weighted by molar-refractivity contribution is 6.55. The van der Waals surface area contributed by atoms with Gasteiger partial charge in [0.2, 0.25) is 0 Å². The van der Waals surface area contributed by atoms with E-state index < -0.39 is 11.8 Å². The lowest BCUT2D eigenvalue weighted by Gasteiger charge is -2.06. The molecule has 2 amide bonds. The molecule has 0 fully saturated rings. The zero-order valence-electron chi connectivity index (χ0n) is 12.7. The third-order valence-electron chi connectivity index (χ3n) is 4.12. The van der Waals surface area contributed by atoms with E-state index in [0.29, 0.717) is 11.3 Å². The Morgan fingerprint density at radius 1 is 0.917 bits per heavy atom. The molecule has 0 atom stereocenters. The second kappa shape index (κ2) is 5.35. The van der Waals surface area contributed by atoms with Crippen LogP contribution in [0.4, 0.5) is 0 Å². The fraction of sp³-hybridized carbons (Fsp3) is 0.0526. The Balaban J connectivity index is 2.07. The van der Waals surface area contributed by atoms with E-state index >= 15 is 0 Å². The van der Waals surface area contributed by atoms with E-state index in [-0.39, 0.29) is 10.6 Å². The zero-order valence-corrected chi connectivity index (χ0v) is 13.5. The second-order valence-corrected chi connectivity index (χ2v) is 5.90. The summed E-state index contributed by atoms with van der Waals surface area (Å²) in [6.07, 6.45) is 0. The van der Waals surface area contributed by atoms with E-state index in [1.54, 1.807) is 0 Å². The minimum absolute atomic E-state index is 0.110. The number of halogens is 1. The third kappa shape index (κ3) is 2.00. The van der Waals surface area contributed by atoms with Crippen LogP contribution >= 0.6 is 11.6 Å². The van der Waals surface area contributed by atoms with Crippen LogP contribution in [-0.4, -0.2) is 23.8 Å². The van der Waals surface area contributed by atoms with E-state index in [4.69, 9.17) is 16.0 Å². The van der Waals surface area contributed by atoms with Crippen molar-refractivity contribution >= 4 is 40.0 Å². The standard InChI is InChI=1S/C19H12ClNO3/c1-21-18(22)15(16(20)19(21)23)17-14(11-7-3-2-4-8-11)12-9-5-6-10-13(12)24-17/h2-10H,1H3. The molecular weight excluding hydrogens is 326 g/mol. The maximum absolute atomic E-state index is 12.5. The number of imide groups is 1. The Morgan fingerprint density at radius 2 is 1.58 bits per heavy atom. The van der Waals surface area contributed by atoms with Gasteiger partial charge in [-0.15, -0.1) is 0 Å². The number of amides is 2. The number of furan rings is 1. The summed E-state index contributed by atoms with van der Waals surface area (Å²) in [6.45, 7) is 0. The van der Waals surface area contributed by atoms with E-state index in [2.05, 4.69) is 0 Å². The molecule has 4 rings (SSSR count). The van der Waals surface area contributed by atoms with Crippen molar-refractivity contribution in [1.82, 2.24) is 4.90 Å². The normalized spacial score (nSPS) is 15.0. The summed E-state index contributed by atoms with van der Waals surface area (Å²) < 4.78 is 5.93. The maximum Gasteiger partial charge on any atom is 0.272 e. The van der Waals surface area contributed by atoms with Crippen molar-refractivity contribution in [2.75, 3.05) is 7.05 Å². The summed E-state index contributed by atoms with van der Waals surface area (Å²) in [4.78, 5) is 25.5. The van der Waals surface area contributed by atoms with Crippen molar-refractivity contribution in [3.8, 4) is 11.1 Å². The first-order valence-electron chi connectivity index (χ1n) is 7.39. The van der Waals surface area contributed by atoms with Crippen molar-refractivity contribution in [2.45, 2.75) is 0 Å². The summed E-state index contributed by atoms with van der Waals surface area (Å²) in [7, 11) is 1.41. The van der Waals surface area contributed by atoms with Gasteiger partial charge in [0.05, 0.1) is 0 Å². The number of hydrogen-bond acceptors (Lipinski definition) is 3. The van der Waals surface area contributed by atoms with E-state index in [1.807, 2.05) is 54.6 Å². The molecule has 0 spiro atoms. The van der Waals surface area contributed by atoms with E-state index in [0.717, 1.165) is 21.4 Å². The average molecular weight is 338 g/mol. The monoisotopic (exact) mass is 337 g/mol. The van der Waals surface area contributed by atoms with E-state index in [1.165, 1.54) is 7.05 Å². The molecule has 1 aliphatic heterocycles. The highest BCUT2D eigenvalue weighted by atomic mass is 35.5. The SMILES string of the molecule is CN1C(=O)C(Cl)=C(c2oc3ccccc3c2-c2ccccc2)C1=O. The van der Waals surface area contributed by atoms with Crippen LogP contribution in [-0.2, 0) is 9.59 Å². The molecule has 0 N–H and O–H groups in total. The summed E-state index contributed by atoms with van der Waals surface area (Å²) in [5.41, 5.74) is 2.40. The molecule has 24 heavy (non-hydrogen) atoms. The molecule has 1 aliphatic rings. The first kappa shape index (κ1) is 14.7. The fourth-order valence-electron chi connectivity index (χ4n) is 2.92. The van der Waals surface area contributed by atoms with Gasteiger partial charge in [-0.1, -0.05) is 60.1 Å². The molecule has 0 saturated heterocycles. The molecule has 0 radical (unpaired) electrons. The van der Waals surface area contributed by atoms with Gasteiger partial charge >= 0.3 is 0 Å². The van der Waals surface area contributed by atoms with E-state index in [9.17, 15) is 9.59 Å². The highest BCUT2D eigenvalue weighted by Gasteiger charge is 2.39. The molecule has 2 heterocycles. The lowest BCUT2D eigenvalue weighted by Crippen LogP contribution is -2.26. The van der Waals surface area contributed by atoms with Crippen LogP contribution in [0.5, 0.6) is 0 Å². The Bertz CT molecular complexity index is 1020. The van der Waals surface area contributed by atoms with Crippen LogP contribution < -0.4 is 0 Å². The lowest BCUT2D eigenvalue weighted by atomic mass is 9.98. The summed E-state index contributed by atoms with van der Waals surface area (Å²) in [6, 6.07) is 17.1. The maximum atomic E-state index is 12.5. The predicted octanol–water partition coefficient (Wildman–Crippen LogP) is 4.05. The number of benzene rings is 2. The molecule has 118 valence electrons. The van der Waals surface area contributed by atoms with Gasteiger partial charge in [0.25, 0.3) is 11.8 Å². The van der Waals surface area contributed by atoms with Crippen LogP contribution in [0, 0.1) is 0 Å². The number of fused-ring (bicyclic) bond motifs is 1. The third-order valence-corrected chi connectivity index (χ3v) is 4.47. The molecule has 4 nitrogen and oxygen atoms in total. The van der Waals surface area contributed by atoms with Gasteiger partial charge in [0.15, 0.2) is 5.76 Å². The van der Waals surface area contributed by atoms with Crippen LogP contribution in [0.15, 0.2) is 64.0 Å². The van der Waals surface area contributed by atoms with Gasteiger partial charge in [0, 0.05) is 18.0 Å². The molecule has 0 aliphatic carbocycles. The first-order valence-corrected chi connectivity index (χ1v) is 7.77. The molecule has 3 aromatic rings. The summed E-state index contributed by atoms with van der Waals surface area (Å²) in [5, 5.41) is 0.754. The van der Waals surface area contributed by atoms with Gasteiger partial charge in [-0.2, -0.15) is 0 Å². The molecule has 2 aromatic carbocycles. The molecular formula is C19H12ClNO3. The second-order valence-electron chi connectivity index (χ2n) is 5.53. The van der Waals surface area contributed by atoms with Crippen LogP contribution in [0.25, 0.3) is 27.7 Å². The molecule has 0 saturated carbocycles. The van der Waals surface area contributed by atoms with Gasteiger partial charge in [0.1, 0.15) is 16.2 Å². The number of carbonyl (C=O) groups is 2. The Hall–Kier alpha value is -2.85. The van der Waals surface area contributed by atoms with Crippen LogP contribution in [0.1, 0.15) is 5.76 Å². The quantitative estimate of drug-likeness (QED) is 0.663. The van der Waals surface area contributed by atoms with Gasteiger partial charge in [-0.05, 0) is 11.6 Å². The van der Waals surface area contributed by atoms with Gasteiger partial charge in [-0.25, -0.2) is 0 Å². The molecule has 1 aromatic heterocycles. The highest BCUT2D eigenvalue weighted by Crippen LogP contribution is 2.42. The minimum Gasteiger partial charge on any atom is -0.455 e. The predicted molar refractivity (Wildman–Crippen MR) is 92.2 cm³/mol.